The van der Waals surface area contributed by atoms with Gasteiger partial charge in [-0.05, 0) is 62.6 Å². The fourth-order valence-corrected chi connectivity index (χ4v) is 3.26. The number of benzene rings is 2. The van der Waals surface area contributed by atoms with Gasteiger partial charge in [0.1, 0.15) is 5.60 Å². The summed E-state index contributed by atoms with van der Waals surface area (Å²) in [4.78, 5) is 37.8. The summed E-state index contributed by atoms with van der Waals surface area (Å²) in [6, 6.07) is 14.7. The van der Waals surface area contributed by atoms with Crippen molar-refractivity contribution < 1.29 is 19.1 Å². The molecule has 3 rings (SSSR count). The van der Waals surface area contributed by atoms with Crippen molar-refractivity contribution in [2.75, 3.05) is 11.4 Å². The van der Waals surface area contributed by atoms with Crippen molar-refractivity contribution in [1.29, 1.82) is 0 Å². The van der Waals surface area contributed by atoms with Gasteiger partial charge in [0.25, 0.3) is 5.91 Å². The molecule has 2 aromatic carbocycles. The average Bonchev–Trinajstić information content (AvgIpc) is 3.16. The van der Waals surface area contributed by atoms with Gasteiger partial charge in [-0.1, -0.05) is 24.3 Å². The number of nitrogens with zero attached hydrogens (tertiary/aromatic N) is 1. The monoisotopic (exact) mass is 423 g/mol. The van der Waals surface area contributed by atoms with E-state index < -0.39 is 11.7 Å². The number of ether oxygens (including phenoxy) is 1. The van der Waals surface area contributed by atoms with E-state index in [4.69, 9.17) is 4.74 Å². The first kappa shape index (κ1) is 22.3. The van der Waals surface area contributed by atoms with Crippen LogP contribution in [0.25, 0.3) is 0 Å². The van der Waals surface area contributed by atoms with Gasteiger partial charge in [-0.15, -0.1) is 0 Å². The number of hydrogen-bond acceptors (Lipinski definition) is 4. The molecule has 3 amide bonds. The summed E-state index contributed by atoms with van der Waals surface area (Å²) >= 11 is 0. The van der Waals surface area contributed by atoms with Crippen molar-refractivity contribution in [3.8, 4) is 0 Å². The molecule has 1 aliphatic heterocycles. The quantitative estimate of drug-likeness (QED) is 0.740. The maximum absolute atomic E-state index is 12.4. The number of amides is 3. The van der Waals surface area contributed by atoms with E-state index in [1.165, 1.54) is 0 Å². The Morgan fingerprint density at radius 3 is 2.06 bits per heavy atom. The Morgan fingerprint density at radius 2 is 1.52 bits per heavy atom. The summed E-state index contributed by atoms with van der Waals surface area (Å²) in [5.41, 5.74) is 2.72. The zero-order chi connectivity index (χ0) is 22.4. The van der Waals surface area contributed by atoms with Gasteiger partial charge in [-0.25, -0.2) is 4.79 Å². The highest BCUT2D eigenvalue weighted by Gasteiger charge is 2.21. The highest BCUT2D eigenvalue weighted by atomic mass is 16.6. The minimum absolute atomic E-state index is 0.158. The molecular weight excluding hydrogens is 394 g/mol. The predicted molar refractivity (Wildman–Crippen MR) is 119 cm³/mol. The van der Waals surface area contributed by atoms with Crippen molar-refractivity contribution >= 4 is 23.6 Å². The van der Waals surface area contributed by atoms with Gasteiger partial charge >= 0.3 is 6.09 Å². The van der Waals surface area contributed by atoms with Crippen LogP contribution in [-0.4, -0.2) is 30.1 Å². The van der Waals surface area contributed by atoms with Crippen LogP contribution >= 0.6 is 0 Å². The summed E-state index contributed by atoms with van der Waals surface area (Å²) in [7, 11) is 0. The van der Waals surface area contributed by atoms with Crippen LogP contribution in [0.3, 0.4) is 0 Å². The van der Waals surface area contributed by atoms with Crippen LogP contribution in [0.1, 0.15) is 55.1 Å². The standard InChI is InChI=1S/C24H29N3O4/c1-24(2,3)31-23(30)26-16-17-6-10-19(11-7-17)22(29)25-15-18-8-12-20(13-9-18)27-14-4-5-21(27)28/h6-13H,4-5,14-16H2,1-3H3,(H,25,29)(H,26,30). The lowest BCUT2D eigenvalue weighted by molar-refractivity contribution is -0.117. The minimum Gasteiger partial charge on any atom is -0.444 e. The first-order valence-corrected chi connectivity index (χ1v) is 10.4. The zero-order valence-corrected chi connectivity index (χ0v) is 18.2. The second-order valence-electron chi connectivity index (χ2n) is 8.55. The van der Waals surface area contributed by atoms with Crippen LogP contribution < -0.4 is 15.5 Å². The number of carbonyl (C=O) groups is 3. The molecule has 0 atom stereocenters. The number of rotatable bonds is 6. The molecule has 1 aliphatic rings. The maximum Gasteiger partial charge on any atom is 0.407 e. The number of carbonyl (C=O) groups excluding carboxylic acids is 3. The Labute approximate surface area is 182 Å². The van der Waals surface area contributed by atoms with Crippen molar-refractivity contribution in [2.45, 2.75) is 52.3 Å². The molecule has 31 heavy (non-hydrogen) atoms. The van der Waals surface area contributed by atoms with Gasteiger partial charge in [0, 0.05) is 37.3 Å². The highest BCUT2D eigenvalue weighted by molar-refractivity contribution is 5.95. The molecule has 2 N–H and O–H groups in total. The van der Waals surface area contributed by atoms with E-state index in [0.717, 1.165) is 29.8 Å². The van der Waals surface area contributed by atoms with Crippen LogP contribution in [-0.2, 0) is 22.6 Å². The van der Waals surface area contributed by atoms with Crippen LogP contribution in [0.15, 0.2) is 48.5 Å². The van der Waals surface area contributed by atoms with E-state index in [1.807, 2.05) is 45.0 Å². The second kappa shape index (κ2) is 9.64. The van der Waals surface area contributed by atoms with E-state index >= 15 is 0 Å². The molecular formula is C24H29N3O4. The lowest BCUT2D eigenvalue weighted by atomic mass is 10.1. The average molecular weight is 424 g/mol. The first-order valence-electron chi connectivity index (χ1n) is 10.4. The van der Waals surface area contributed by atoms with Gasteiger partial charge in [0.15, 0.2) is 0 Å². The molecule has 164 valence electrons. The molecule has 0 saturated carbocycles. The van der Waals surface area contributed by atoms with Gasteiger partial charge in [0.2, 0.25) is 5.91 Å². The normalized spacial score (nSPS) is 13.8. The molecule has 1 saturated heterocycles. The van der Waals surface area contributed by atoms with E-state index in [-0.39, 0.29) is 11.8 Å². The molecule has 0 radical (unpaired) electrons. The van der Waals surface area contributed by atoms with Crippen molar-refractivity contribution in [3.63, 3.8) is 0 Å². The SMILES string of the molecule is CC(C)(C)OC(=O)NCc1ccc(C(=O)NCc2ccc(N3CCCC3=O)cc2)cc1. The molecule has 2 aromatic rings. The Bertz CT molecular complexity index is 931. The maximum atomic E-state index is 12.4. The summed E-state index contributed by atoms with van der Waals surface area (Å²) in [5, 5.41) is 5.59. The van der Waals surface area contributed by atoms with E-state index in [9.17, 15) is 14.4 Å². The second-order valence-corrected chi connectivity index (χ2v) is 8.55. The smallest absolute Gasteiger partial charge is 0.407 e. The molecule has 0 aliphatic carbocycles. The largest absolute Gasteiger partial charge is 0.444 e. The third-order valence-corrected chi connectivity index (χ3v) is 4.83. The summed E-state index contributed by atoms with van der Waals surface area (Å²) in [6.07, 6.45) is 1.02. The third-order valence-electron chi connectivity index (χ3n) is 4.83. The summed E-state index contributed by atoms with van der Waals surface area (Å²) in [6.45, 7) is 6.91. The Morgan fingerprint density at radius 1 is 0.935 bits per heavy atom. The Balaban J connectivity index is 1.47. The van der Waals surface area contributed by atoms with Crippen LogP contribution in [0.4, 0.5) is 10.5 Å². The van der Waals surface area contributed by atoms with Crippen molar-refractivity contribution in [1.82, 2.24) is 10.6 Å². The first-order chi connectivity index (χ1) is 14.7. The minimum atomic E-state index is -0.544. The van der Waals surface area contributed by atoms with Crippen molar-refractivity contribution in [3.05, 3.63) is 65.2 Å². The topological polar surface area (TPSA) is 87.7 Å². The van der Waals surface area contributed by atoms with Crippen LogP contribution in [0, 0.1) is 0 Å². The molecule has 0 unspecified atom stereocenters. The molecule has 7 heteroatoms. The molecule has 7 nitrogen and oxygen atoms in total. The Hall–Kier alpha value is -3.35. The van der Waals surface area contributed by atoms with E-state index in [1.54, 1.807) is 29.2 Å². The fourth-order valence-electron chi connectivity index (χ4n) is 3.26. The van der Waals surface area contributed by atoms with Gasteiger partial charge in [0.05, 0.1) is 0 Å². The van der Waals surface area contributed by atoms with Gasteiger partial charge in [-0.3, -0.25) is 9.59 Å². The predicted octanol–water partition coefficient (Wildman–Crippen LogP) is 3.77. The Kier molecular flexibility index (Phi) is 6.95. The molecule has 1 fully saturated rings. The number of hydrogen-bond donors (Lipinski definition) is 2. The molecule has 0 bridgehead atoms. The molecule has 0 spiro atoms. The van der Waals surface area contributed by atoms with E-state index in [0.29, 0.717) is 25.1 Å². The lowest BCUT2D eigenvalue weighted by Crippen LogP contribution is -2.32. The highest BCUT2D eigenvalue weighted by Crippen LogP contribution is 2.21. The van der Waals surface area contributed by atoms with Gasteiger partial charge in [-0.2, -0.15) is 0 Å². The van der Waals surface area contributed by atoms with E-state index in [2.05, 4.69) is 10.6 Å². The summed E-state index contributed by atoms with van der Waals surface area (Å²) < 4.78 is 5.20. The molecule has 1 heterocycles. The molecule has 0 aromatic heterocycles. The third kappa shape index (κ3) is 6.57. The van der Waals surface area contributed by atoms with Crippen molar-refractivity contribution in [2.24, 2.45) is 0 Å². The van der Waals surface area contributed by atoms with Crippen LogP contribution in [0.2, 0.25) is 0 Å². The lowest BCUT2D eigenvalue weighted by Gasteiger charge is -2.19. The fraction of sp³-hybridized carbons (Fsp3) is 0.375. The number of alkyl carbamates (subject to hydrolysis) is 1. The number of nitrogens with one attached hydrogen (secondary N) is 2. The van der Waals surface area contributed by atoms with Crippen LogP contribution in [0.5, 0.6) is 0 Å². The number of anilines is 1. The zero-order valence-electron chi connectivity index (χ0n) is 18.2. The summed E-state index contributed by atoms with van der Waals surface area (Å²) in [5.74, 6) is -0.0174. The van der Waals surface area contributed by atoms with Gasteiger partial charge < -0.3 is 20.3 Å².